The van der Waals surface area contributed by atoms with Gasteiger partial charge >= 0.3 is 0 Å². The Bertz CT molecular complexity index is 849. The summed E-state index contributed by atoms with van der Waals surface area (Å²) in [5, 5.41) is 7.82. The van der Waals surface area contributed by atoms with Crippen molar-refractivity contribution in [1.29, 1.82) is 0 Å². The second-order valence-electron chi connectivity index (χ2n) is 6.29. The molecule has 0 saturated carbocycles. The quantitative estimate of drug-likeness (QED) is 0.712. The summed E-state index contributed by atoms with van der Waals surface area (Å²) in [5.41, 5.74) is 1.21. The van der Waals surface area contributed by atoms with Crippen LogP contribution in [0, 0.1) is 17.6 Å². The van der Waals surface area contributed by atoms with Crippen molar-refractivity contribution in [2.45, 2.75) is 19.5 Å². The molecular weight excluding hydrogens is 328 g/mol. The first-order chi connectivity index (χ1) is 12.2. The SMILES string of the molecule is Fc1ccc(-c2nc(CN3CCC(Cn4ccnn4)C3)co2)cc1F. The lowest BCUT2D eigenvalue weighted by Crippen LogP contribution is -2.21. The number of hydrogen-bond acceptors (Lipinski definition) is 5. The molecule has 1 fully saturated rings. The van der Waals surface area contributed by atoms with Crippen LogP contribution in [0.4, 0.5) is 8.78 Å². The van der Waals surface area contributed by atoms with E-state index in [1.807, 2.05) is 10.9 Å². The van der Waals surface area contributed by atoms with Gasteiger partial charge in [0.05, 0.1) is 11.9 Å². The van der Waals surface area contributed by atoms with Crippen LogP contribution >= 0.6 is 0 Å². The highest BCUT2D eigenvalue weighted by Crippen LogP contribution is 2.23. The van der Waals surface area contributed by atoms with Gasteiger partial charge < -0.3 is 4.42 Å². The zero-order chi connectivity index (χ0) is 17.2. The second-order valence-corrected chi connectivity index (χ2v) is 6.29. The standard InChI is InChI=1S/C17H17F2N5O/c18-15-2-1-13(7-16(15)19)17-21-14(11-25-17)10-23-5-3-12(8-23)9-24-6-4-20-22-24/h1-2,4,6-7,11-12H,3,5,8-10H2. The van der Waals surface area contributed by atoms with Crippen LogP contribution in [0.15, 0.2) is 41.3 Å². The number of rotatable bonds is 5. The van der Waals surface area contributed by atoms with Crippen molar-refractivity contribution in [3.63, 3.8) is 0 Å². The Kier molecular flexibility index (Phi) is 4.27. The van der Waals surface area contributed by atoms with E-state index in [1.165, 1.54) is 6.07 Å². The summed E-state index contributed by atoms with van der Waals surface area (Å²) in [7, 11) is 0. The molecule has 0 bridgehead atoms. The summed E-state index contributed by atoms with van der Waals surface area (Å²) in [6.07, 6.45) is 6.21. The van der Waals surface area contributed by atoms with E-state index in [4.69, 9.17) is 4.42 Å². The molecule has 3 aromatic rings. The molecule has 1 saturated heterocycles. The Morgan fingerprint density at radius 1 is 1.24 bits per heavy atom. The molecule has 3 heterocycles. The van der Waals surface area contributed by atoms with Crippen LogP contribution in [0.1, 0.15) is 12.1 Å². The molecule has 1 aromatic carbocycles. The van der Waals surface area contributed by atoms with Crippen molar-refractivity contribution in [2.75, 3.05) is 13.1 Å². The minimum absolute atomic E-state index is 0.298. The van der Waals surface area contributed by atoms with Crippen molar-refractivity contribution in [3.05, 3.63) is 54.2 Å². The highest BCUT2D eigenvalue weighted by Gasteiger charge is 2.24. The van der Waals surface area contributed by atoms with Crippen molar-refractivity contribution in [1.82, 2.24) is 24.9 Å². The topological polar surface area (TPSA) is 60.0 Å². The molecule has 0 amide bonds. The van der Waals surface area contributed by atoms with Crippen LogP contribution in [0.25, 0.3) is 11.5 Å². The summed E-state index contributed by atoms with van der Waals surface area (Å²) in [4.78, 5) is 6.69. The van der Waals surface area contributed by atoms with Gasteiger partial charge in [-0.2, -0.15) is 0 Å². The predicted octanol–water partition coefficient (Wildman–Crippen LogP) is 2.73. The highest BCUT2D eigenvalue weighted by atomic mass is 19.2. The Hall–Kier alpha value is -2.61. The van der Waals surface area contributed by atoms with E-state index >= 15 is 0 Å². The molecule has 0 radical (unpaired) electrons. The van der Waals surface area contributed by atoms with Crippen LogP contribution in [0.3, 0.4) is 0 Å². The van der Waals surface area contributed by atoms with Gasteiger partial charge in [-0.1, -0.05) is 5.21 Å². The van der Waals surface area contributed by atoms with E-state index in [0.717, 1.165) is 43.9 Å². The minimum Gasteiger partial charge on any atom is -0.444 e. The molecule has 8 heteroatoms. The zero-order valence-electron chi connectivity index (χ0n) is 13.5. The molecular formula is C17H17F2N5O. The molecule has 4 rings (SSSR count). The number of oxazole rings is 1. The molecule has 0 spiro atoms. The maximum Gasteiger partial charge on any atom is 0.226 e. The monoisotopic (exact) mass is 345 g/mol. The first-order valence-electron chi connectivity index (χ1n) is 8.13. The maximum atomic E-state index is 13.3. The van der Waals surface area contributed by atoms with E-state index in [2.05, 4.69) is 20.2 Å². The number of hydrogen-bond donors (Lipinski definition) is 0. The van der Waals surface area contributed by atoms with E-state index < -0.39 is 11.6 Å². The zero-order valence-corrected chi connectivity index (χ0v) is 13.5. The van der Waals surface area contributed by atoms with Gasteiger partial charge in [0.1, 0.15) is 6.26 Å². The molecule has 25 heavy (non-hydrogen) atoms. The van der Waals surface area contributed by atoms with Crippen molar-refractivity contribution in [2.24, 2.45) is 5.92 Å². The second kappa shape index (κ2) is 6.72. The van der Waals surface area contributed by atoms with Gasteiger partial charge in [0.15, 0.2) is 11.6 Å². The van der Waals surface area contributed by atoms with Gasteiger partial charge in [-0.05, 0) is 37.1 Å². The average molecular weight is 345 g/mol. The Morgan fingerprint density at radius 2 is 2.16 bits per heavy atom. The third-order valence-corrected chi connectivity index (χ3v) is 4.39. The van der Waals surface area contributed by atoms with Gasteiger partial charge in [-0.3, -0.25) is 9.58 Å². The van der Waals surface area contributed by atoms with E-state index in [-0.39, 0.29) is 0 Å². The molecule has 1 aliphatic rings. The summed E-state index contributed by atoms with van der Waals surface area (Å²) >= 11 is 0. The number of aromatic nitrogens is 4. The van der Waals surface area contributed by atoms with Gasteiger partial charge in [-0.25, -0.2) is 13.8 Å². The summed E-state index contributed by atoms with van der Waals surface area (Å²) < 4.78 is 33.6. The average Bonchev–Trinajstić information content (AvgIpc) is 3.34. The lowest BCUT2D eigenvalue weighted by Gasteiger charge is -2.14. The van der Waals surface area contributed by atoms with Crippen LogP contribution in [0.5, 0.6) is 0 Å². The summed E-state index contributed by atoms with van der Waals surface area (Å²) in [6.45, 7) is 3.45. The molecule has 130 valence electrons. The minimum atomic E-state index is -0.909. The van der Waals surface area contributed by atoms with Crippen LogP contribution in [-0.2, 0) is 13.1 Å². The fourth-order valence-electron chi connectivity index (χ4n) is 3.17. The maximum absolute atomic E-state index is 13.3. The lowest BCUT2D eigenvalue weighted by molar-refractivity contribution is 0.302. The molecule has 0 N–H and O–H groups in total. The fraction of sp³-hybridized carbons (Fsp3) is 0.353. The van der Waals surface area contributed by atoms with Crippen LogP contribution in [0.2, 0.25) is 0 Å². The van der Waals surface area contributed by atoms with Crippen LogP contribution in [-0.4, -0.2) is 38.0 Å². The van der Waals surface area contributed by atoms with Gasteiger partial charge in [0, 0.05) is 31.4 Å². The number of halogens is 2. The molecule has 2 aromatic heterocycles. The number of nitrogens with zero attached hydrogens (tertiary/aromatic N) is 5. The molecule has 1 aliphatic heterocycles. The normalized spacial score (nSPS) is 18.1. The highest BCUT2D eigenvalue weighted by molar-refractivity contribution is 5.53. The lowest BCUT2D eigenvalue weighted by atomic mass is 10.1. The Balaban J connectivity index is 1.37. The van der Waals surface area contributed by atoms with Crippen molar-refractivity contribution < 1.29 is 13.2 Å². The molecule has 0 aliphatic carbocycles. The first kappa shape index (κ1) is 15.9. The Labute approximate surface area is 143 Å². The molecule has 6 nitrogen and oxygen atoms in total. The van der Waals surface area contributed by atoms with Crippen LogP contribution < -0.4 is 0 Å². The van der Waals surface area contributed by atoms with Gasteiger partial charge in [-0.15, -0.1) is 5.10 Å². The summed E-state index contributed by atoms with van der Waals surface area (Å²) in [6, 6.07) is 3.62. The van der Waals surface area contributed by atoms with Gasteiger partial charge in [0.2, 0.25) is 5.89 Å². The predicted molar refractivity (Wildman–Crippen MR) is 85.3 cm³/mol. The van der Waals surface area contributed by atoms with E-state index in [9.17, 15) is 8.78 Å². The summed E-state index contributed by atoms with van der Waals surface area (Å²) in [5.74, 6) is -0.967. The van der Waals surface area contributed by atoms with E-state index in [1.54, 1.807) is 12.5 Å². The largest absolute Gasteiger partial charge is 0.444 e. The Morgan fingerprint density at radius 3 is 2.96 bits per heavy atom. The van der Waals surface area contributed by atoms with Crippen molar-refractivity contribution >= 4 is 0 Å². The van der Waals surface area contributed by atoms with Crippen molar-refractivity contribution in [3.8, 4) is 11.5 Å². The third-order valence-electron chi connectivity index (χ3n) is 4.39. The number of benzene rings is 1. The van der Waals surface area contributed by atoms with Gasteiger partial charge in [0.25, 0.3) is 0 Å². The molecule has 1 atom stereocenters. The van der Waals surface area contributed by atoms with E-state index in [0.29, 0.717) is 23.9 Å². The fourth-order valence-corrected chi connectivity index (χ4v) is 3.17. The molecule has 1 unspecified atom stereocenters. The third kappa shape index (κ3) is 3.58. The first-order valence-corrected chi connectivity index (χ1v) is 8.13. The smallest absolute Gasteiger partial charge is 0.226 e. The number of likely N-dealkylation sites (tertiary alicyclic amines) is 1.